The van der Waals surface area contributed by atoms with E-state index in [4.69, 9.17) is 10.2 Å². The fourth-order valence-corrected chi connectivity index (χ4v) is 3.26. The van der Waals surface area contributed by atoms with E-state index in [1.54, 1.807) is 12.1 Å². The minimum atomic E-state index is -0.266. The molecule has 2 heterocycles. The molecule has 0 saturated carbocycles. The van der Waals surface area contributed by atoms with Crippen LogP contribution < -0.4 is 11.1 Å². The predicted octanol–water partition coefficient (Wildman–Crippen LogP) is 3.01. The number of nitrogens with zero attached hydrogens (tertiary/aromatic N) is 2. The zero-order valence-corrected chi connectivity index (χ0v) is 16.8. The van der Waals surface area contributed by atoms with Crippen LogP contribution in [-0.2, 0) is 6.54 Å². The van der Waals surface area contributed by atoms with Crippen molar-refractivity contribution < 1.29 is 9.21 Å². The summed E-state index contributed by atoms with van der Waals surface area (Å²) in [6, 6.07) is 10.9. The van der Waals surface area contributed by atoms with Crippen molar-refractivity contribution in [2.45, 2.75) is 6.54 Å². The van der Waals surface area contributed by atoms with E-state index in [1.807, 2.05) is 36.0 Å². The lowest BCUT2D eigenvalue weighted by Gasteiger charge is -2.27. The summed E-state index contributed by atoms with van der Waals surface area (Å²) in [6.45, 7) is 2.44. The summed E-state index contributed by atoms with van der Waals surface area (Å²) >= 11 is 1.94. The molecule has 1 aliphatic rings. The molecule has 0 radical (unpaired) electrons. The summed E-state index contributed by atoms with van der Waals surface area (Å²) in [5, 5.41) is 2.78. The van der Waals surface area contributed by atoms with Gasteiger partial charge in [0.1, 0.15) is 0 Å². The Hall–Kier alpha value is -1.68. The highest BCUT2D eigenvalue weighted by Crippen LogP contribution is 2.13. The number of guanidine groups is 1. The molecule has 1 amide bonds. The number of nitrogens with two attached hydrogens (primary N) is 1. The van der Waals surface area contributed by atoms with Gasteiger partial charge in [-0.15, -0.1) is 24.0 Å². The van der Waals surface area contributed by atoms with E-state index >= 15 is 0 Å². The average molecular weight is 472 g/mol. The minimum Gasteiger partial charge on any atom is -0.459 e. The summed E-state index contributed by atoms with van der Waals surface area (Å²) in [5.74, 6) is 2.82. The number of aliphatic imine (C=N–C) groups is 1. The number of furan rings is 1. The van der Waals surface area contributed by atoms with Gasteiger partial charge in [-0.3, -0.25) is 4.79 Å². The van der Waals surface area contributed by atoms with Crippen molar-refractivity contribution in [3.05, 3.63) is 54.0 Å². The number of hydrogen-bond acceptors (Lipinski definition) is 4. The number of thioether (sulfide) groups is 1. The van der Waals surface area contributed by atoms with Gasteiger partial charge in [0, 0.05) is 30.3 Å². The molecule has 0 bridgehead atoms. The first kappa shape index (κ1) is 19.6. The van der Waals surface area contributed by atoms with E-state index < -0.39 is 0 Å². The molecular formula is C17H21IN4O2S. The number of rotatable bonds is 4. The number of nitrogens with one attached hydrogen (secondary N) is 1. The van der Waals surface area contributed by atoms with Gasteiger partial charge in [0.25, 0.3) is 5.91 Å². The summed E-state index contributed by atoms with van der Waals surface area (Å²) in [6.07, 6.45) is 1.47. The molecule has 1 aliphatic heterocycles. The van der Waals surface area contributed by atoms with Crippen LogP contribution in [0.15, 0.2) is 52.1 Å². The first-order chi connectivity index (χ1) is 11.7. The smallest absolute Gasteiger partial charge is 0.291 e. The minimum absolute atomic E-state index is 0. The number of halogens is 1. The Morgan fingerprint density at radius 3 is 2.60 bits per heavy atom. The van der Waals surface area contributed by atoms with Crippen molar-refractivity contribution in [1.29, 1.82) is 0 Å². The molecule has 25 heavy (non-hydrogen) atoms. The quantitative estimate of drug-likeness (QED) is 0.406. The highest BCUT2D eigenvalue weighted by atomic mass is 127. The monoisotopic (exact) mass is 472 g/mol. The molecule has 1 aromatic heterocycles. The van der Waals surface area contributed by atoms with Crippen LogP contribution in [0.3, 0.4) is 0 Å². The molecule has 0 spiro atoms. The summed E-state index contributed by atoms with van der Waals surface area (Å²) < 4.78 is 5.06. The number of hydrogen-bond donors (Lipinski definition) is 2. The largest absolute Gasteiger partial charge is 0.459 e. The summed E-state index contributed by atoms with van der Waals surface area (Å²) in [4.78, 5) is 18.5. The lowest BCUT2D eigenvalue weighted by molar-refractivity contribution is 0.0996. The second-order valence-corrected chi connectivity index (χ2v) is 6.63. The Morgan fingerprint density at radius 2 is 1.96 bits per heavy atom. The highest BCUT2D eigenvalue weighted by Gasteiger charge is 2.12. The van der Waals surface area contributed by atoms with Crippen LogP contribution in [0.25, 0.3) is 0 Å². The maximum Gasteiger partial charge on any atom is 0.291 e. The van der Waals surface area contributed by atoms with Gasteiger partial charge < -0.3 is 20.4 Å². The molecule has 3 N–H and O–H groups in total. The summed E-state index contributed by atoms with van der Waals surface area (Å²) in [7, 11) is 0. The second kappa shape index (κ2) is 9.71. The van der Waals surface area contributed by atoms with Crippen molar-refractivity contribution in [1.82, 2.24) is 4.90 Å². The Labute approximate surface area is 168 Å². The van der Waals surface area contributed by atoms with E-state index in [1.165, 1.54) is 6.26 Å². The van der Waals surface area contributed by atoms with Crippen molar-refractivity contribution >= 4 is 53.3 Å². The second-order valence-electron chi connectivity index (χ2n) is 5.40. The Kier molecular flexibility index (Phi) is 7.63. The van der Waals surface area contributed by atoms with E-state index in [0.29, 0.717) is 18.2 Å². The topological polar surface area (TPSA) is 83.9 Å². The fourth-order valence-electron chi connectivity index (χ4n) is 2.36. The van der Waals surface area contributed by atoms with Crippen LogP contribution in [0.4, 0.5) is 5.69 Å². The Balaban J connectivity index is 0.00000225. The van der Waals surface area contributed by atoms with Gasteiger partial charge in [-0.2, -0.15) is 11.8 Å². The predicted molar refractivity (Wildman–Crippen MR) is 113 cm³/mol. The van der Waals surface area contributed by atoms with Gasteiger partial charge in [0.05, 0.1) is 12.8 Å². The first-order valence-corrected chi connectivity index (χ1v) is 8.94. The SMILES string of the molecule is I.NC(=NCc1ccc(NC(=O)c2ccco2)cc1)N1CCSCC1. The van der Waals surface area contributed by atoms with E-state index in [2.05, 4.69) is 15.2 Å². The maximum absolute atomic E-state index is 11.9. The number of anilines is 1. The molecule has 134 valence electrons. The van der Waals surface area contributed by atoms with Crippen LogP contribution in [0, 0.1) is 0 Å². The number of benzene rings is 1. The standard InChI is InChI=1S/C17H20N4O2S.HI/c18-17(21-7-10-24-11-8-21)19-12-13-3-5-14(6-4-13)20-16(22)15-2-1-9-23-15;/h1-6,9H,7-8,10-12H2,(H2,18,19)(H,20,22);1H. The normalized spacial score (nSPS) is 14.7. The number of amides is 1. The van der Waals surface area contributed by atoms with Crippen molar-refractivity contribution in [2.24, 2.45) is 10.7 Å². The third-order valence-corrected chi connectivity index (χ3v) is 4.66. The lowest BCUT2D eigenvalue weighted by atomic mass is 10.2. The van der Waals surface area contributed by atoms with Crippen LogP contribution in [-0.4, -0.2) is 41.4 Å². The van der Waals surface area contributed by atoms with Crippen molar-refractivity contribution in [3.63, 3.8) is 0 Å². The number of carbonyl (C=O) groups is 1. The third-order valence-electron chi connectivity index (χ3n) is 3.72. The van der Waals surface area contributed by atoms with E-state index in [-0.39, 0.29) is 35.6 Å². The van der Waals surface area contributed by atoms with Gasteiger partial charge in [-0.1, -0.05) is 12.1 Å². The van der Waals surface area contributed by atoms with E-state index in [9.17, 15) is 4.79 Å². The summed E-state index contributed by atoms with van der Waals surface area (Å²) in [5.41, 5.74) is 7.80. The Morgan fingerprint density at radius 1 is 1.24 bits per heavy atom. The molecule has 0 aliphatic carbocycles. The maximum atomic E-state index is 11.9. The van der Waals surface area contributed by atoms with Crippen LogP contribution in [0.2, 0.25) is 0 Å². The lowest BCUT2D eigenvalue weighted by Crippen LogP contribution is -2.42. The van der Waals surface area contributed by atoms with Crippen molar-refractivity contribution in [3.8, 4) is 0 Å². The Bertz CT molecular complexity index is 698. The van der Waals surface area contributed by atoms with Crippen LogP contribution in [0.5, 0.6) is 0 Å². The molecule has 1 fully saturated rings. The average Bonchev–Trinajstić information content (AvgIpc) is 3.16. The first-order valence-electron chi connectivity index (χ1n) is 7.79. The van der Waals surface area contributed by atoms with Crippen LogP contribution in [0.1, 0.15) is 16.1 Å². The van der Waals surface area contributed by atoms with Gasteiger partial charge in [-0.05, 0) is 29.8 Å². The fraction of sp³-hybridized carbons (Fsp3) is 0.294. The molecule has 1 saturated heterocycles. The van der Waals surface area contributed by atoms with Crippen molar-refractivity contribution in [2.75, 3.05) is 29.9 Å². The van der Waals surface area contributed by atoms with Crippen LogP contribution >= 0.6 is 35.7 Å². The van der Waals surface area contributed by atoms with E-state index in [0.717, 1.165) is 30.2 Å². The molecule has 3 rings (SSSR count). The molecule has 2 aromatic rings. The zero-order chi connectivity index (χ0) is 16.8. The van der Waals surface area contributed by atoms with Gasteiger partial charge >= 0.3 is 0 Å². The van der Waals surface area contributed by atoms with Gasteiger partial charge in [-0.25, -0.2) is 4.99 Å². The molecule has 0 unspecified atom stereocenters. The number of carbonyl (C=O) groups excluding carboxylic acids is 1. The third kappa shape index (κ3) is 5.67. The zero-order valence-electron chi connectivity index (χ0n) is 13.7. The molecule has 1 aromatic carbocycles. The molecule has 6 nitrogen and oxygen atoms in total. The molecular weight excluding hydrogens is 451 g/mol. The molecule has 0 atom stereocenters. The highest BCUT2D eigenvalue weighted by molar-refractivity contribution is 14.0. The van der Waals surface area contributed by atoms with Gasteiger partial charge in [0.2, 0.25) is 0 Å². The molecule has 8 heteroatoms. The van der Waals surface area contributed by atoms with Gasteiger partial charge in [0.15, 0.2) is 11.7 Å².